The highest BCUT2D eigenvalue weighted by Crippen LogP contribution is 2.46. The van der Waals surface area contributed by atoms with E-state index in [4.69, 9.17) is 0 Å². The van der Waals surface area contributed by atoms with Gasteiger partial charge in [-0.1, -0.05) is 215 Å². The Kier molecular flexibility index (Phi) is 10.7. The molecule has 378 valence electrons. The largest absolute Gasteiger partial charge is 0.312 e. The molecule has 13 aromatic rings. The monoisotopic (exact) mass is 1050 g/mol. The maximum absolute atomic E-state index is 2.63. The van der Waals surface area contributed by atoms with Gasteiger partial charge in [0.05, 0.1) is 49.6 Å². The summed E-state index contributed by atoms with van der Waals surface area (Å²) < 4.78 is 4.96. The molecule has 4 heterocycles. The lowest BCUT2D eigenvalue weighted by Crippen LogP contribution is -2.62. The predicted octanol–water partition coefficient (Wildman–Crippen LogP) is 16.4. The smallest absolute Gasteiger partial charge is 0.252 e. The van der Waals surface area contributed by atoms with Crippen molar-refractivity contribution in [3.63, 3.8) is 0 Å². The number of hydrogen-bond acceptors (Lipinski definition) is 2. The Morgan fingerprint density at radius 3 is 0.975 bits per heavy atom. The fourth-order valence-electron chi connectivity index (χ4n) is 13.6. The van der Waals surface area contributed by atoms with E-state index in [0.717, 1.165) is 0 Å². The highest BCUT2D eigenvalue weighted by atomic mass is 28.3. The first kappa shape index (κ1) is 47.3. The summed E-state index contributed by atoms with van der Waals surface area (Å²) in [5, 5.41) is 7.92. The summed E-state index contributed by atoms with van der Waals surface area (Å²) >= 11 is 0. The molecule has 79 heavy (non-hydrogen) atoms. The van der Waals surface area contributed by atoms with Crippen LogP contribution in [0.4, 0.5) is 34.1 Å². The van der Waals surface area contributed by atoms with Crippen molar-refractivity contribution in [3.05, 3.63) is 249 Å². The van der Waals surface area contributed by atoms with Crippen LogP contribution in [0, 0.1) is 0 Å². The van der Waals surface area contributed by atoms with Crippen LogP contribution in [-0.4, -0.2) is 32.0 Å². The number of hydrogen-bond donors (Lipinski definition) is 0. The molecule has 0 spiro atoms. The second-order valence-corrected chi connectivity index (χ2v) is 33.7. The highest BCUT2D eigenvalue weighted by Gasteiger charge is 2.45. The molecule has 0 bridgehead atoms. The molecule has 0 aliphatic carbocycles. The van der Waals surface area contributed by atoms with E-state index in [2.05, 4.69) is 307 Å². The van der Waals surface area contributed by atoms with Crippen LogP contribution in [0.3, 0.4) is 0 Å². The first-order valence-corrected chi connectivity index (χ1v) is 34.9. The molecule has 0 radical (unpaired) electrons. The summed E-state index contributed by atoms with van der Waals surface area (Å²) in [4.78, 5) is 5.27. The number of para-hydroxylation sites is 8. The average Bonchev–Trinajstić information content (AvgIpc) is 4.18. The number of anilines is 6. The third kappa shape index (κ3) is 7.26. The van der Waals surface area contributed by atoms with Crippen LogP contribution in [0.25, 0.3) is 77.2 Å². The molecule has 0 N–H and O–H groups in total. The lowest BCUT2D eigenvalue weighted by Gasteiger charge is -2.45. The van der Waals surface area contributed by atoms with Gasteiger partial charge in [-0.05, 0) is 111 Å². The second kappa shape index (κ2) is 17.8. The lowest BCUT2D eigenvalue weighted by atomic mass is 9.33. The third-order valence-electron chi connectivity index (χ3n) is 17.0. The van der Waals surface area contributed by atoms with E-state index < -0.39 is 16.1 Å². The van der Waals surface area contributed by atoms with Gasteiger partial charge in [-0.3, -0.25) is 0 Å². The van der Waals surface area contributed by atoms with Gasteiger partial charge in [-0.2, -0.15) is 0 Å². The molecule has 15 rings (SSSR count). The van der Waals surface area contributed by atoms with Crippen molar-refractivity contribution in [2.45, 2.75) is 39.3 Å². The molecule has 7 heteroatoms. The quantitative estimate of drug-likeness (QED) is 0.141. The van der Waals surface area contributed by atoms with E-state index in [0.29, 0.717) is 0 Å². The van der Waals surface area contributed by atoms with Gasteiger partial charge < -0.3 is 18.9 Å². The summed E-state index contributed by atoms with van der Waals surface area (Å²) in [6.45, 7) is 14.8. The zero-order valence-corrected chi connectivity index (χ0v) is 47.5. The summed E-state index contributed by atoms with van der Waals surface area (Å²) in [6.07, 6.45) is 0. The van der Waals surface area contributed by atoms with Crippen molar-refractivity contribution < 1.29 is 0 Å². The Labute approximate surface area is 465 Å². The van der Waals surface area contributed by atoms with Crippen LogP contribution in [0.1, 0.15) is 0 Å². The van der Waals surface area contributed by atoms with Crippen LogP contribution in [0.2, 0.25) is 39.3 Å². The van der Waals surface area contributed by atoms with Gasteiger partial charge >= 0.3 is 0 Å². The van der Waals surface area contributed by atoms with Gasteiger partial charge in [0.15, 0.2) is 0 Å². The van der Waals surface area contributed by atoms with Crippen molar-refractivity contribution in [1.29, 1.82) is 0 Å². The van der Waals surface area contributed by atoms with Crippen molar-refractivity contribution in [2.24, 2.45) is 0 Å². The molecule has 11 aromatic carbocycles. The number of aromatic nitrogens is 2. The fraction of sp³-hybridized carbons (Fsp3) is 0.0833. The minimum absolute atomic E-state index is 0.109. The fourth-order valence-corrected chi connectivity index (χ4v) is 16.7. The van der Waals surface area contributed by atoms with Crippen LogP contribution in [-0.2, 0) is 0 Å². The van der Waals surface area contributed by atoms with Crippen molar-refractivity contribution >= 4 is 127 Å². The topological polar surface area (TPSA) is 16.3 Å². The number of fused-ring (bicyclic) bond motifs is 10. The number of rotatable bonds is 8. The number of nitrogens with zero attached hydrogens (tertiary/aromatic N) is 4. The molecular formula is C72H59BN4Si2. The first-order valence-electron chi connectivity index (χ1n) is 27.9. The van der Waals surface area contributed by atoms with E-state index in [1.807, 2.05) is 0 Å². The van der Waals surface area contributed by atoms with Gasteiger partial charge in [0.1, 0.15) is 0 Å². The van der Waals surface area contributed by atoms with Crippen molar-refractivity contribution in [1.82, 2.24) is 9.13 Å². The highest BCUT2D eigenvalue weighted by molar-refractivity contribution is 7.00. The van der Waals surface area contributed by atoms with Crippen molar-refractivity contribution in [2.75, 3.05) is 9.80 Å². The van der Waals surface area contributed by atoms with Gasteiger partial charge in [0.25, 0.3) is 6.71 Å². The molecule has 0 saturated carbocycles. The van der Waals surface area contributed by atoms with E-state index in [1.54, 1.807) is 0 Å². The summed E-state index contributed by atoms with van der Waals surface area (Å²) in [7, 11) is -3.78. The molecule has 0 unspecified atom stereocenters. The van der Waals surface area contributed by atoms with Gasteiger partial charge in [-0.15, -0.1) is 0 Å². The zero-order valence-electron chi connectivity index (χ0n) is 45.5. The maximum Gasteiger partial charge on any atom is 0.252 e. The SMILES string of the molecule is C[Si](C)(C)c1ccccc1N1c2ccc(-c3ccccc3-n3c4ccccc4c4ccccc43)cc2B2c3cc(-c4ccccc4-n4c5ccccc5c5ccccc54)ccc3N(c3ccccc3[Si](C)(C)C)c3cccc1c32. The Hall–Kier alpha value is -8.88. The molecular weight excluding hydrogens is 988 g/mol. The Balaban J connectivity index is 1.03. The molecule has 2 aliphatic rings. The van der Waals surface area contributed by atoms with Crippen LogP contribution in [0.5, 0.6) is 0 Å². The van der Waals surface area contributed by atoms with Gasteiger partial charge in [0, 0.05) is 66.8 Å². The number of benzene rings is 11. The summed E-state index contributed by atoms with van der Waals surface area (Å²) in [6, 6.07) is 93.9. The van der Waals surface area contributed by atoms with E-state index in [-0.39, 0.29) is 6.71 Å². The normalized spacial score (nSPS) is 13.1. The molecule has 4 nitrogen and oxygen atoms in total. The third-order valence-corrected chi connectivity index (χ3v) is 21.0. The Bertz CT molecular complexity index is 4230. The molecule has 2 aromatic heterocycles. The van der Waals surface area contributed by atoms with E-state index in [9.17, 15) is 0 Å². The molecule has 0 fully saturated rings. The molecule has 0 saturated heterocycles. The van der Waals surface area contributed by atoms with Crippen LogP contribution >= 0.6 is 0 Å². The molecule has 0 atom stereocenters. The van der Waals surface area contributed by atoms with E-state index in [1.165, 1.54) is 138 Å². The average molecular weight is 1050 g/mol. The standard InChI is InChI=1S/C72H59BN4Si2/c1-78(2,3)70-40-21-19-36-66(70)76-64-44-42-48(50-24-7-13-30-58(50)74-60-32-15-9-26-52(60)53-27-10-16-33-61(53)74)46-56(64)73-57-47-49(51-25-8-14-31-59(51)75-62-34-17-11-28-54(62)55-29-12-18-35-63(55)75)43-45-65(57)77(69-39-23-38-68(76)72(69)73)67-37-20-22-41-71(67)79(4,5)6/h7-47H,1-6H3. The zero-order chi connectivity index (χ0) is 53.3. The summed E-state index contributed by atoms with van der Waals surface area (Å²) in [5.74, 6) is 0. The second-order valence-electron chi connectivity index (χ2n) is 23.7. The van der Waals surface area contributed by atoms with Gasteiger partial charge in [0.2, 0.25) is 0 Å². The molecule has 0 amide bonds. The van der Waals surface area contributed by atoms with Crippen LogP contribution in [0.15, 0.2) is 249 Å². The lowest BCUT2D eigenvalue weighted by molar-refractivity contribution is 1.18. The molecule has 2 aliphatic heterocycles. The Morgan fingerprint density at radius 2 is 0.595 bits per heavy atom. The minimum Gasteiger partial charge on any atom is -0.312 e. The predicted molar refractivity (Wildman–Crippen MR) is 346 cm³/mol. The van der Waals surface area contributed by atoms with E-state index >= 15 is 0 Å². The summed E-state index contributed by atoms with van der Waals surface area (Å²) in [5.41, 5.74) is 23.3. The van der Waals surface area contributed by atoms with Gasteiger partial charge in [-0.25, -0.2) is 0 Å². The van der Waals surface area contributed by atoms with Crippen LogP contribution < -0.4 is 36.6 Å². The maximum atomic E-state index is 2.63. The first-order chi connectivity index (χ1) is 38.5. The van der Waals surface area contributed by atoms with Crippen molar-refractivity contribution in [3.8, 4) is 33.6 Å². The Morgan fingerprint density at radius 1 is 0.278 bits per heavy atom. The minimum atomic E-state index is -1.89.